The molecule has 3 aromatic rings. The predicted octanol–water partition coefficient (Wildman–Crippen LogP) is -0.629. The van der Waals surface area contributed by atoms with E-state index in [1.165, 1.54) is 25.8 Å². The molecule has 0 saturated heterocycles. The van der Waals surface area contributed by atoms with Crippen molar-refractivity contribution in [3.8, 4) is 22.6 Å². The fourth-order valence-electron chi connectivity index (χ4n) is 6.82. The summed E-state index contributed by atoms with van der Waals surface area (Å²) in [5.74, 6) is -4.64. The Labute approximate surface area is 359 Å². The summed E-state index contributed by atoms with van der Waals surface area (Å²) in [5.41, 5.74) is 26.4. The number of hydrogen-bond donors (Lipinski definition) is 8. The quantitative estimate of drug-likeness (QED) is 0.0786. The normalized spacial score (nSPS) is 17.2. The number of amides is 6. The van der Waals surface area contributed by atoms with E-state index in [0.29, 0.717) is 44.9 Å². The molecule has 19 nitrogen and oxygen atoms in total. The van der Waals surface area contributed by atoms with Gasteiger partial charge in [0, 0.05) is 43.2 Å². The number of benzene rings is 3. The molecule has 0 aliphatic carbocycles. The summed E-state index contributed by atoms with van der Waals surface area (Å²) in [6.45, 7) is 6.29. The molecule has 4 rings (SSSR count). The van der Waals surface area contributed by atoms with Crippen LogP contribution in [-0.4, -0.2) is 117 Å². The third kappa shape index (κ3) is 12.5. The van der Waals surface area contributed by atoms with Crippen molar-refractivity contribution in [1.82, 2.24) is 26.2 Å². The lowest BCUT2D eigenvalue weighted by Gasteiger charge is -2.32. The molecular weight excluding hydrogens is 803 g/mol. The van der Waals surface area contributed by atoms with Crippen molar-refractivity contribution < 1.29 is 47.8 Å². The van der Waals surface area contributed by atoms with E-state index in [2.05, 4.69) is 21.3 Å². The summed E-state index contributed by atoms with van der Waals surface area (Å²) in [6.07, 6.45) is -0.0793. The molecule has 0 aromatic heterocycles. The zero-order valence-corrected chi connectivity index (χ0v) is 35.6. The number of ether oxygens (including phenoxy) is 3. The van der Waals surface area contributed by atoms with Crippen molar-refractivity contribution >= 4 is 41.4 Å². The lowest BCUT2D eigenvalue weighted by atomic mass is 9.93. The molecule has 0 fully saturated rings. The number of primary amides is 1. The van der Waals surface area contributed by atoms with Gasteiger partial charge in [-0.2, -0.15) is 0 Å². The molecule has 0 unspecified atom stereocenters. The minimum Gasteiger partial charge on any atom is -0.492 e. The lowest BCUT2D eigenvalue weighted by Crippen LogP contribution is -2.57. The van der Waals surface area contributed by atoms with Crippen LogP contribution >= 0.6 is 0 Å². The van der Waals surface area contributed by atoms with E-state index in [1.54, 1.807) is 55.5 Å². The van der Waals surface area contributed by atoms with Gasteiger partial charge >= 0.3 is 5.97 Å². The average molecular weight is 860 g/mol. The van der Waals surface area contributed by atoms with E-state index in [4.69, 9.17) is 37.1 Å². The van der Waals surface area contributed by atoms with E-state index < -0.39 is 78.2 Å². The Hall–Kier alpha value is -6.57. The van der Waals surface area contributed by atoms with Gasteiger partial charge in [0.05, 0.1) is 0 Å². The van der Waals surface area contributed by atoms with E-state index in [9.17, 15) is 33.6 Å². The van der Waals surface area contributed by atoms with Crippen LogP contribution in [0.25, 0.3) is 11.1 Å². The number of carbonyl (C=O) groups is 7. The van der Waals surface area contributed by atoms with Gasteiger partial charge < -0.3 is 63.3 Å². The number of likely N-dealkylation sites (N-methyl/N-ethyl adjacent to an activating group) is 1. The van der Waals surface area contributed by atoms with Crippen molar-refractivity contribution in [2.45, 2.75) is 70.7 Å². The summed E-state index contributed by atoms with van der Waals surface area (Å²) < 4.78 is 17.0. The maximum atomic E-state index is 14.5. The van der Waals surface area contributed by atoms with Crippen LogP contribution in [0.15, 0.2) is 54.6 Å². The Bertz CT molecular complexity index is 2150. The number of fused-ring (bicyclic) bond motifs is 5. The molecular formula is C43H57N9O10. The van der Waals surface area contributed by atoms with Gasteiger partial charge in [-0.3, -0.25) is 28.8 Å². The van der Waals surface area contributed by atoms with Crippen LogP contribution in [-0.2, 0) is 39.9 Å². The van der Waals surface area contributed by atoms with Gasteiger partial charge in [-0.15, -0.1) is 0 Å². The summed E-state index contributed by atoms with van der Waals surface area (Å²) in [6, 6.07) is 8.81. The van der Waals surface area contributed by atoms with Gasteiger partial charge in [0.15, 0.2) is 6.61 Å². The molecule has 334 valence electrons. The third-order valence-electron chi connectivity index (χ3n) is 9.97. The fourth-order valence-corrected chi connectivity index (χ4v) is 6.82. The summed E-state index contributed by atoms with van der Waals surface area (Å²) >= 11 is 0. The largest absolute Gasteiger partial charge is 0.492 e. The first kappa shape index (κ1) is 48.1. The van der Waals surface area contributed by atoms with Gasteiger partial charge in [-0.25, -0.2) is 4.79 Å². The second kappa shape index (κ2) is 22.3. The van der Waals surface area contributed by atoms with Crippen LogP contribution in [0.3, 0.4) is 0 Å². The first-order chi connectivity index (χ1) is 29.5. The Kier molecular flexibility index (Phi) is 17.3. The minimum atomic E-state index is -1.41. The number of nitrogens with one attached hydrogen (secondary N) is 4. The van der Waals surface area contributed by atoms with Crippen LogP contribution < -0.4 is 53.7 Å². The van der Waals surface area contributed by atoms with Crippen molar-refractivity contribution in [2.75, 3.05) is 46.5 Å². The van der Waals surface area contributed by atoms with Gasteiger partial charge in [0.1, 0.15) is 54.9 Å². The summed E-state index contributed by atoms with van der Waals surface area (Å²) in [7, 11) is 1.40. The van der Waals surface area contributed by atoms with Crippen molar-refractivity contribution in [1.29, 1.82) is 0 Å². The van der Waals surface area contributed by atoms with Gasteiger partial charge in [0.25, 0.3) is 11.8 Å². The molecule has 3 aromatic carbocycles. The summed E-state index contributed by atoms with van der Waals surface area (Å²) in [4.78, 5) is 95.0. The van der Waals surface area contributed by atoms with E-state index in [0.717, 1.165) is 5.56 Å². The standard InChI is InChI=1S/C43H57N9O10/c1-23-6-9-29(24(2)18-23)39(55)50-32(12-13-44)42(58)52(5)37-28-8-11-35(61-17-15-46)31(21-28)30-19-27(7-10-34(30)60-16-14-45)20-33(51-38(54)25(3)48-41(37)57)40(56)49-26(4)43(59)62-22-36(47)53/h6-11,18-19,21,25-26,32-33,37H,12-17,20,22,44-46H2,1-5H3,(H2,47,53)(H,48,57)(H,49,56)(H,50,55)(H,51,54)/t25-,26-,32-,33-,37-/m0/s1. The van der Waals surface area contributed by atoms with Crippen LogP contribution in [0.1, 0.15) is 58.9 Å². The Morgan fingerprint density at radius 1 is 0.839 bits per heavy atom. The molecule has 1 heterocycles. The number of nitrogens with two attached hydrogens (primary N) is 4. The van der Waals surface area contributed by atoms with Crippen LogP contribution in [0, 0.1) is 13.8 Å². The maximum Gasteiger partial charge on any atom is 0.328 e. The molecule has 19 heteroatoms. The minimum absolute atomic E-state index is 0.0206. The smallest absolute Gasteiger partial charge is 0.328 e. The Morgan fingerprint density at radius 2 is 1.48 bits per heavy atom. The maximum absolute atomic E-state index is 14.5. The third-order valence-corrected chi connectivity index (χ3v) is 9.97. The first-order valence-electron chi connectivity index (χ1n) is 20.1. The number of hydrogen-bond acceptors (Lipinski definition) is 13. The van der Waals surface area contributed by atoms with Gasteiger partial charge in [0.2, 0.25) is 23.6 Å². The number of nitrogens with zero attached hydrogens (tertiary/aromatic N) is 1. The zero-order valence-electron chi connectivity index (χ0n) is 35.6. The molecule has 12 N–H and O–H groups in total. The fraction of sp³-hybridized carbons (Fsp3) is 0.419. The second-order valence-corrected chi connectivity index (χ2v) is 14.9. The van der Waals surface area contributed by atoms with Crippen LogP contribution in [0.4, 0.5) is 0 Å². The number of carbonyl (C=O) groups excluding carboxylic acids is 7. The van der Waals surface area contributed by atoms with Crippen LogP contribution in [0.5, 0.6) is 11.5 Å². The SMILES string of the molecule is Cc1ccc(C(=O)N[C@@H](CCN)C(=O)N(C)[C@@H]2C(=O)N[C@@H](C)C(=O)N[C@H](C(=O)N[C@@H](C)C(=O)OCC(N)=O)Cc3ccc(OCCN)c(c3)-c3cc2ccc3OCCN)c(C)c1. The highest BCUT2D eigenvalue weighted by Crippen LogP contribution is 2.40. The molecule has 5 atom stereocenters. The highest BCUT2D eigenvalue weighted by Gasteiger charge is 2.36. The summed E-state index contributed by atoms with van der Waals surface area (Å²) in [5, 5.41) is 10.6. The van der Waals surface area contributed by atoms with E-state index >= 15 is 0 Å². The molecule has 1 aliphatic rings. The predicted molar refractivity (Wildman–Crippen MR) is 228 cm³/mol. The molecule has 0 radical (unpaired) electrons. The second-order valence-electron chi connectivity index (χ2n) is 14.9. The van der Waals surface area contributed by atoms with E-state index in [-0.39, 0.29) is 45.7 Å². The molecule has 1 aliphatic heterocycles. The number of aryl methyl sites for hydroxylation is 2. The van der Waals surface area contributed by atoms with Crippen molar-refractivity contribution in [2.24, 2.45) is 22.9 Å². The molecule has 0 spiro atoms. The van der Waals surface area contributed by atoms with Gasteiger partial charge in [-0.1, -0.05) is 29.8 Å². The molecule has 4 bridgehead atoms. The molecule has 0 saturated carbocycles. The first-order valence-corrected chi connectivity index (χ1v) is 20.1. The van der Waals surface area contributed by atoms with Crippen molar-refractivity contribution in [3.63, 3.8) is 0 Å². The number of esters is 1. The average Bonchev–Trinajstić information content (AvgIpc) is 3.23. The van der Waals surface area contributed by atoms with Crippen molar-refractivity contribution in [3.05, 3.63) is 82.4 Å². The Morgan fingerprint density at radius 3 is 2.10 bits per heavy atom. The Balaban J connectivity index is 1.85. The van der Waals surface area contributed by atoms with Crippen LogP contribution in [0.2, 0.25) is 0 Å². The topological polar surface area (TPSA) is 303 Å². The highest BCUT2D eigenvalue weighted by atomic mass is 16.5. The lowest BCUT2D eigenvalue weighted by molar-refractivity contribution is -0.150. The monoisotopic (exact) mass is 859 g/mol. The highest BCUT2D eigenvalue weighted by molar-refractivity contribution is 6.00. The number of rotatable bonds is 17. The van der Waals surface area contributed by atoms with Gasteiger partial charge in [-0.05, 0) is 87.7 Å². The molecule has 62 heavy (non-hydrogen) atoms. The van der Waals surface area contributed by atoms with E-state index in [1.807, 2.05) is 13.0 Å². The zero-order chi connectivity index (χ0) is 45.7. The molecule has 6 amide bonds.